The summed E-state index contributed by atoms with van der Waals surface area (Å²) in [5, 5.41) is 0. The molecule has 2 aliphatic heterocycles. The molecule has 2 aliphatic rings. The summed E-state index contributed by atoms with van der Waals surface area (Å²) in [6.07, 6.45) is 2.53. The summed E-state index contributed by atoms with van der Waals surface area (Å²) in [7, 11) is 0. The van der Waals surface area contributed by atoms with Crippen LogP contribution in [0.4, 0.5) is 0 Å². The maximum absolute atomic E-state index is 12.2. The van der Waals surface area contributed by atoms with E-state index in [0.29, 0.717) is 32.1 Å². The predicted octanol–water partition coefficient (Wildman–Crippen LogP) is 1.35. The topological polar surface area (TPSA) is 45.9 Å². The number of likely N-dealkylation sites (tertiary alicyclic amines) is 1. The Morgan fingerprint density at radius 3 is 2.58 bits per heavy atom. The average Bonchev–Trinajstić information content (AvgIpc) is 3.11. The number of carbonyl (C=O) groups excluding carboxylic acids is 1. The molecule has 0 unspecified atom stereocenters. The van der Waals surface area contributed by atoms with Crippen LogP contribution in [0.25, 0.3) is 0 Å². The number of carbonyl (C=O) groups is 1. The van der Waals surface area contributed by atoms with Crippen LogP contribution in [0.2, 0.25) is 0 Å². The van der Waals surface area contributed by atoms with E-state index in [9.17, 15) is 4.79 Å². The molecule has 0 saturated carbocycles. The Labute approximate surface area is 113 Å². The lowest BCUT2D eigenvalue weighted by atomic mass is 10.3. The van der Waals surface area contributed by atoms with E-state index in [1.807, 2.05) is 6.07 Å². The highest BCUT2D eigenvalue weighted by Crippen LogP contribution is 2.16. The molecule has 1 aromatic heterocycles. The standard InChI is InChI=1S/C14H20N2O3/c17-14(16-7-9-18-10-8-16)13-4-3-12(19-13)11-15-5-1-2-6-15/h3-4H,1-2,5-11H2. The Kier molecular flexibility index (Phi) is 3.84. The summed E-state index contributed by atoms with van der Waals surface area (Å²) in [5.41, 5.74) is 0. The Morgan fingerprint density at radius 1 is 1.11 bits per heavy atom. The van der Waals surface area contributed by atoms with Gasteiger partial charge in [-0.15, -0.1) is 0 Å². The van der Waals surface area contributed by atoms with Crippen LogP contribution in [0, 0.1) is 0 Å². The maximum atomic E-state index is 12.2. The smallest absolute Gasteiger partial charge is 0.289 e. The van der Waals surface area contributed by atoms with Crippen molar-refractivity contribution < 1.29 is 13.9 Å². The van der Waals surface area contributed by atoms with Crippen molar-refractivity contribution in [2.24, 2.45) is 0 Å². The van der Waals surface area contributed by atoms with Crippen molar-refractivity contribution in [2.75, 3.05) is 39.4 Å². The molecule has 3 heterocycles. The van der Waals surface area contributed by atoms with Gasteiger partial charge in [-0.25, -0.2) is 0 Å². The van der Waals surface area contributed by atoms with E-state index in [4.69, 9.17) is 9.15 Å². The third kappa shape index (κ3) is 2.98. The minimum Gasteiger partial charge on any atom is -0.455 e. The molecule has 3 rings (SSSR count). The van der Waals surface area contributed by atoms with E-state index in [1.165, 1.54) is 12.8 Å². The van der Waals surface area contributed by atoms with Crippen LogP contribution >= 0.6 is 0 Å². The molecule has 2 saturated heterocycles. The maximum Gasteiger partial charge on any atom is 0.289 e. The molecule has 0 atom stereocenters. The molecule has 5 nitrogen and oxygen atoms in total. The van der Waals surface area contributed by atoms with Gasteiger partial charge in [-0.05, 0) is 38.1 Å². The molecule has 0 N–H and O–H groups in total. The highest BCUT2D eigenvalue weighted by molar-refractivity contribution is 5.91. The number of ether oxygens (including phenoxy) is 1. The molecule has 19 heavy (non-hydrogen) atoms. The molecular formula is C14H20N2O3. The first-order valence-electron chi connectivity index (χ1n) is 7.01. The lowest BCUT2D eigenvalue weighted by molar-refractivity contribution is 0.0281. The number of hydrogen-bond donors (Lipinski definition) is 0. The number of hydrogen-bond acceptors (Lipinski definition) is 4. The van der Waals surface area contributed by atoms with Crippen LogP contribution in [-0.2, 0) is 11.3 Å². The van der Waals surface area contributed by atoms with E-state index in [-0.39, 0.29) is 5.91 Å². The molecule has 0 radical (unpaired) electrons. The fraction of sp³-hybridized carbons (Fsp3) is 0.643. The van der Waals surface area contributed by atoms with Gasteiger partial charge in [0.05, 0.1) is 19.8 Å². The summed E-state index contributed by atoms with van der Waals surface area (Å²) in [5.74, 6) is 1.32. The van der Waals surface area contributed by atoms with Gasteiger partial charge in [-0.1, -0.05) is 0 Å². The lowest BCUT2D eigenvalue weighted by Crippen LogP contribution is -2.40. The Bertz CT molecular complexity index is 432. The van der Waals surface area contributed by atoms with Crippen molar-refractivity contribution in [3.8, 4) is 0 Å². The number of morpholine rings is 1. The second kappa shape index (κ2) is 5.75. The predicted molar refractivity (Wildman–Crippen MR) is 69.9 cm³/mol. The van der Waals surface area contributed by atoms with E-state index in [1.54, 1.807) is 11.0 Å². The highest BCUT2D eigenvalue weighted by atomic mass is 16.5. The minimum atomic E-state index is -0.0176. The van der Waals surface area contributed by atoms with Gasteiger partial charge in [0.2, 0.25) is 0 Å². The number of rotatable bonds is 3. The van der Waals surface area contributed by atoms with E-state index in [2.05, 4.69) is 4.90 Å². The van der Waals surface area contributed by atoms with E-state index in [0.717, 1.165) is 25.4 Å². The SMILES string of the molecule is O=C(c1ccc(CN2CCCC2)o1)N1CCOCC1. The van der Waals surface area contributed by atoms with Gasteiger partial charge < -0.3 is 14.1 Å². The van der Waals surface area contributed by atoms with E-state index >= 15 is 0 Å². The Hall–Kier alpha value is -1.33. The molecule has 0 spiro atoms. The third-order valence-corrected chi connectivity index (χ3v) is 3.75. The van der Waals surface area contributed by atoms with Crippen molar-refractivity contribution in [1.82, 2.24) is 9.80 Å². The van der Waals surface area contributed by atoms with Crippen LogP contribution in [0.1, 0.15) is 29.2 Å². The first-order valence-corrected chi connectivity index (χ1v) is 7.01. The normalized spacial score (nSPS) is 20.9. The first-order chi connectivity index (χ1) is 9.33. The van der Waals surface area contributed by atoms with E-state index < -0.39 is 0 Å². The minimum absolute atomic E-state index is 0.0176. The molecule has 0 aromatic carbocycles. The first kappa shape index (κ1) is 12.7. The van der Waals surface area contributed by atoms with Gasteiger partial charge in [0, 0.05) is 13.1 Å². The van der Waals surface area contributed by atoms with Crippen LogP contribution in [0.15, 0.2) is 16.5 Å². The zero-order chi connectivity index (χ0) is 13.1. The molecule has 1 aromatic rings. The van der Waals surface area contributed by atoms with Crippen molar-refractivity contribution in [3.63, 3.8) is 0 Å². The largest absolute Gasteiger partial charge is 0.455 e. The molecule has 5 heteroatoms. The molecular weight excluding hydrogens is 244 g/mol. The van der Waals surface area contributed by atoms with Crippen LogP contribution < -0.4 is 0 Å². The molecule has 0 aliphatic carbocycles. The molecule has 2 fully saturated rings. The summed E-state index contributed by atoms with van der Waals surface area (Å²) in [4.78, 5) is 16.4. The van der Waals surface area contributed by atoms with Gasteiger partial charge in [0.15, 0.2) is 5.76 Å². The monoisotopic (exact) mass is 264 g/mol. The number of furan rings is 1. The fourth-order valence-electron chi connectivity index (χ4n) is 2.66. The highest BCUT2D eigenvalue weighted by Gasteiger charge is 2.22. The second-order valence-electron chi connectivity index (χ2n) is 5.15. The van der Waals surface area contributed by atoms with Crippen molar-refractivity contribution in [1.29, 1.82) is 0 Å². The quantitative estimate of drug-likeness (QED) is 0.826. The Morgan fingerprint density at radius 2 is 1.84 bits per heavy atom. The molecule has 0 bridgehead atoms. The zero-order valence-corrected chi connectivity index (χ0v) is 11.1. The lowest BCUT2D eigenvalue weighted by Gasteiger charge is -2.25. The molecule has 1 amide bonds. The van der Waals surface area contributed by atoms with Crippen molar-refractivity contribution >= 4 is 5.91 Å². The van der Waals surface area contributed by atoms with Gasteiger partial charge in [-0.3, -0.25) is 9.69 Å². The van der Waals surface area contributed by atoms with Crippen molar-refractivity contribution in [2.45, 2.75) is 19.4 Å². The second-order valence-corrected chi connectivity index (χ2v) is 5.15. The summed E-state index contributed by atoms with van der Waals surface area (Å²) in [6, 6.07) is 3.72. The fourth-order valence-corrected chi connectivity index (χ4v) is 2.66. The van der Waals surface area contributed by atoms with Crippen LogP contribution in [0.5, 0.6) is 0 Å². The number of amides is 1. The third-order valence-electron chi connectivity index (χ3n) is 3.75. The van der Waals surface area contributed by atoms with Gasteiger partial charge in [-0.2, -0.15) is 0 Å². The molecule has 104 valence electrons. The van der Waals surface area contributed by atoms with Crippen molar-refractivity contribution in [3.05, 3.63) is 23.7 Å². The summed E-state index contributed by atoms with van der Waals surface area (Å²) in [6.45, 7) is 5.62. The summed E-state index contributed by atoms with van der Waals surface area (Å²) < 4.78 is 10.9. The zero-order valence-electron chi connectivity index (χ0n) is 11.1. The van der Waals surface area contributed by atoms with Gasteiger partial charge in [0.1, 0.15) is 5.76 Å². The summed E-state index contributed by atoms with van der Waals surface area (Å²) >= 11 is 0. The van der Waals surface area contributed by atoms with Crippen LogP contribution in [0.3, 0.4) is 0 Å². The van der Waals surface area contributed by atoms with Gasteiger partial charge in [0.25, 0.3) is 5.91 Å². The average molecular weight is 264 g/mol. The number of nitrogens with zero attached hydrogens (tertiary/aromatic N) is 2. The Balaban J connectivity index is 1.61. The van der Waals surface area contributed by atoms with Gasteiger partial charge >= 0.3 is 0 Å². The van der Waals surface area contributed by atoms with Crippen LogP contribution in [-0.4, -0.2) is 55.1 Å².